The van der Waals surface area contributed by atoms with Crippen molar-refractivity contribution in [3.8, 4) is 0 Å². The number of rotatable bonds is 5. The van der Waals surface area contributed by atoms with Crippen molar-refractivity contribution >= 4 is 16.0 Å². The molecule has 0 fully saturated rings. The van der Waals surface area contributed by atoms with Crippen molar-refractivity contribution < 1.29 is 18.3 Å². The molecule has 0 aliphatic carbocycles. The molecule has 0 bridgehead atoms. The molecule has 15 heavy (non-hydrogen) atoms. The standard InChI is InChI=1S/C6H10N4O4S/c1-4(6(11)12)15(13,14)9-2-5-7-3-8-10-5/h3-4,9H,2H2,1H3,(H,11,12)(H,7,8,10). The zero-order chi connectivity index (χ0) is 11.5. The van der Waals surface area contributed by atoms with Gasteiger partial charge in [-0.2, -0.15) is 5.10 Å². The minimum Gasteiger partial charge on any atom is -0.480 e. The van der Waals surface area contributed by atoms with Crippen LogP contribution >= 0.6 is 0 Å². The molecule has 8 nitrogen and oxygen atoms in total. The predicted molar refractivity (Wildman–Crippen MR) is 49.2 cm³/mol. The summed E-state index contributed by atoms with van der Waals surface area (Å²) in [6.07, 6.45) is 1.23. The molecule has 1 aromatic rings. The van der Waals surface area contributed by atoms with E-state index in [9.17, 15) is 13.2 Å². The molecule has 0 aromatic carbocycles. The van der Waals surface area contributed by atoms with E-state index < -0.39 is 21.2 Å². The normalized spacial score (nSPS) is 13.7. The topological polar surface area (TPSA) is 125 Å². The molecule has 1 rings (SSSR count). The molecular formula is C6H10N4O4S. The minimum atomic E-state index is -3.87. The quantitative estimate of drug-likeness (QED) is 0.581. The van der Waals surface area contributed by atoms with E-state index in [0.717, 1.165) is 6.92 Å². The monoisotopic (exact) mass is 234 g/mol. The molecule has 1 heterocycles. The Morgan fingerprint density at radius 3 is 2.87 bits per heavy atom. The predicted octanol–water partition coefficient (Wildman–Crippen LogP) is -1.30. The van der Waals surface area contributed by atoms with Crippen molar-refractivity contribution in [1.29, 1.82) is 0 Å². The number of carbonyl (C=O) groups is 1. The van der Waals surface area contributed by atoms with Gasteiger partial charge in [0.15, 0.2) is 5.25 Å². The Morgan fingerprint density at radius 2 is 2.40 bits per heavy atom. The van der Waals surface area contributed by atoms with E-state index in [4.69, 9.17) is 5.11 Å². The van der Waals surface area contributed by atoms with Gasteiger partial charge in [-0.3, -0.25) is 9.89 Å². The number of H-pyrrole nitrogens is 1. The SMILES string of the molecule is CC(C(=O)O)S(=O)(=O)NCc1ncn[nH]1. The lowest BCUT2D eigenvalue weighted by atomic mass is 10.5. The number of hydrogen-bond donors (Lipinski definition) is 3. The van der Waals surface area contributed by atoms with Gasteiger partial charge in [0.2, 0.25) is 10.0 Å². The molecule has 3 N–H and O–H groups in total. The van der Waals surface area contributed by atoms with Crippen molar-refractivity contribution in [2.45, 2.75) is 18.7 Å². The van der Waals surface area contributed by atoms with E-state index in [0.29, 0.717) is 5.82 Å². The van der Waals surface area contributed by atoms with Gasteiger partial charge in [0.1, 0.15) is 12.2 Å². The molecule has 9 heteroatoms. The summed E-state index contributed by atoms with van der Waals surface area (Å²) in [5.74, 6) is -1.09. The van der Waals surface area contributed by atoms with Gasteiger partial charge in [0, 0.05) is 0 Å². The molecule has 0 saturated heterocycles. The van der Waals surface area contributed by atoms with Gasteiger partial charge in [-0.05, 0) is 6.92 Å². The molecule has 0 spiro atoms. The fraction of sp³-hybridized carbons (Fsp3) is 0.500. The molecule has 84 valence electrons. The first kappa shape index (κ1) is 11.6. The highest BCUT2D eigenvalue weighted by atomic mass is 32.2. The van der Waals surface area contributed by atoms with Crippen molar-refractivity contribution in [1.82, 2.24) is 19.9 Å². The first-order valence-corrected chi connectivity index (χ1v) is 5.53. The zero-order valence-corrected chi connectivity index (χ0v) is 8.65. The molecule has 0 aliphatic rings. The smallest absolute Gasteiger partial charge is 0.323 e. The number of carboxylic acid groups (broad SMARTS) is 1. The Labute approximate surface area is 85.8 Å². The molecule has 1 atom stereocenters. The van der Waals surface area contributed by atoms with Crippen LogP contribution in [0.4, 0.5) is 0 Å². The van der Waals surface area contributed by atoms with Crippen LogP contribution in [0.1, 0.15) is 12.7 Å². The summed E-state index contributed by atoms with van der Waals surface area (Å²) in [5.41, 5.74) is 0. The van der Waals surface area contributed by atoms with Crippen molar-refractivity contribution in [3.05, 3.63) is 12.2 Å². The van der Waals surface area contributed by atoms with Crippen molar-refractivity contribution in [3.63, 3.8) is 0 Å². The van der Waals surface area contributed by atoms with E-state index in [1.807, 2.05) is 0 Å². The maximum atomic E-state index is 11.3. The Bertz CT molecular complexity index is 426. The summed E-state index contributed by atoms with van der Waals surface area (Å²) in [5, 5.41) is 13.0. The number of sulfonamides is 1. The molecule has 0 radical (unpaired) electrons. The summed E-state index contributed by atoms with van der Waals surface area (Å²) in [6.45, 7) is 0.977. The third-order valence-electron chi connectivity index (χ3n) is 1.72. The van der Waals surface area contributed by atoms with Gasteiger partial charge >= 0.3 is 5.97 Å². The number of nitrogens with one attached hydrogen (secondary N) is 2. The highest BCUT2D eigenvalue weighted by Gasteiger charge is 2.27. The molecule has 1 unspecified atom stereocenters. The summed E-state index contributed by atoms with van der Waals surface area (Å²) in [4.78, 5) is 14.1. The first-order chi connectivity index (χ1) is 6.93. The van der Waals surface area contributed by atoms with Crippen LogP contribution in [0, 0.1) is 0 Å². The average molecular weight is 234 g/mol. The van der Waals surface area contributed by atoms with E-state index >= 15 is 0 Å². The van der Waals surface area contributed by atoms with Crippen LogP contribution in [0.5, 0.6) is 0 Å². The summed E-state index contributed by atoms with van der Waals surface area (Å²) >= 11 is 0. The molecule has 0 amide bonds. The Hall–Kier alpha value is -1.48. The Balaban J connectivity index is 2.62. The summed E-state index contributed by atoms with van der Waals surface area (Å²) < 4.78 is 24.7. The number of nitrogens with zero attached hydrogens (tertiary/aromatic N) is 2. The molecule has 1 aromatic heterocycles. The summed E-state index contributed by atoms with van der Waals surface area (Å²) in [7, 11) is -3.87. The van der Waals surface area contributed by atoms with Crippen LogP contribution < -0.4 is 4.72 Å². The highest BCUT2D eigenvalue weighted by Crippen LogP contribution is 1.99. The third-order valence-corrected chi connectivity index (χ3v) is 3.40. The molecular weight excluding hydrogens is 224 g/mol. The van der Waals surface area contributed by atoms with Gasteiger partial charge in [0.25, 0.3) is 0 Å². The van der Waals surface area contributed by atoms with Crippen molar-refractivity contribution in [2.75, 3.05) is 0 Å². The van der Waals surface area contributed by atoms with Gasteiger partial charge in [-0.1, -0.05) is 0 Å². The van der Waals surface area contributed by atoms with Crippen LogP contribution in [0.3, 0.4) is 0 Å². The van der Waals surface area contributed by atoms with E-state index in [2.05, 4.69) is 19.9 Å². The van der Waals surface area contributed by atoms with Crippen LogP contribution in [0.15, 0.2) is 6.33 Å². The lowest BCUT2D eigenvalue weighted by molar-refractivity contribution is -0.136. The van der Waals surface area contributed by atoms with Crippen LogP contribution in [0.2, 0.25) is 0 Å². The van der Waals surface area contributed by atoms with Crippen molar-refractivity contribution in [2.24, 2.45) is 0 Å². The second kappa shape index (κ2) is 4.36. The maximum Gasteiger partial charge on any atom is 0.323 e. The number of aromatic nitrogens is 3. The first-order valence-electron chi connectivity index (χ1n) is 3.99. The number of aromatic amines is 1. The Morgan fingerprint density at radius 1 is 1.73 bits per heavy atom. The van der Waals surface area contributed by atoms with E-state index in [-0.39, 0.29) is 6.54 Å². The maximum absolute atomic E-state index is 11.3. The fourth-order valence-corrected chi connectivity index (χ4v) is 1.60. The van der Waals surface area contributed by atoms with Gasteiger partial charge < -0.3 is 5.11 Å². The lowest BCUT2D eigenvalue weighted by Gasteiger charge is -2.08. The van der Waals surface area contributed by atoms with Crippen LogP contribution in [0.25, 0.3) is 0 Å². The van der Waals surface area contributed by atoms with Crippen LogP contribution in [-0.2, 0) is 21.4 Å². The lowest BCUT2D eigenvalue weighted by Crippen LogP contribution is -2.37. The van der Waals surface area contributed by atoms with E-state index in [1.54, 1.807) is 0 Å². The Kier molecular flexibility index (Phi) is 3.37. The number of carboxylic acids is 1. The molecule has 0 aliphatic heterocycles. The second-order valence-corrected chi connectivity index (χ2v) is 4.86. The summed E-state index contributed by atoms with van der Waals surface area (Å²) in [6, 6.07) is 0. The average Bonchev–Trinajstić information content (AvgIpc) is 2.66. The second-order valence-electron chi connectivity index (χ2n) is 2.78. The fourth-order valence-electron chi connectivity index (χ4n) is 0.743. The number of hydrogen-bond acceptors (Lipinski definition) is 5. The van der Waals surface area contributed by atoms with E-state index in [1.165, 1.54) is 6.33 Å². The van der Waals surface area contributed by atoms with Crippen LogP contribution in [-0.4, -0.2) is 39.9 Å². The molecule has 0 saturated carbocycles. The minimum absolute atomic E-state index is 0.111. The highest BCUT2D eigenvalue weighted by molar-refractivity contribution is 7.90. The largest absolute Gasteiger partial charge is 0.480 e. The third kappa shape index (κ3) is 2.99. The van der Waals surface area contributed by atoms with Gasteiger partial charge in [-0.25, -0.2) is 18.1 Å². The van der Waals surface area contributed by atoms with Gasteiger partial charge in [-0.15, -0.1) is 0 Å². The van der Waals surface area contributed by atoms with Gasteiger partial charge in [0.05, 0.1) is 6.54 Å². The zero-order valence-electron chi connectivity index (χ0n) is 7.84. The number of aliphatic carboxylic acids is 1.